The third-order valence-corrected chi connectivity index (χ3v) is 4.06. The van der Waals surface area contributed by atoms with Crippen LogP contribution in [0.1, 0.15) is 0 Å². The first-order valence-corrected chi connectivity index (χ1v) is 8.14. The van der Waals surface area contributed by atoms with Gasteiger partial charge in [0.2, 0.25) is 20.0 Å². The lowest BCUT2D eigenvalue weighted by molar-refractivity contribution is -0.137. The van der Waals surface area contributed by atoms with Crippen LogP contribution in [-0.4, -0.2) is 35.7 Å². The second kappa shape index (κ2) is 5.73. The van der Waals surface area contributed by atoms with Crippen molar-refractivity contribution in [2.45, 2.75) is 4.90 Å². The Balaban J connectivity index is 3.11. The van der Waals surface area contributed by atoms with E-state index in [0.717, 1.165) is 19.2 Å². The zero-order valence-corrected chi connectivity index (χ0v) is 11.8. The molecule has 0 spiro atoms. The lowest BCUT2D eigenvalue weighted by Crippen LogP contribution is -2.24. The van der Waals surface area contributed by atoms with Gasteiger partial charge in [0.05, 0.1) is 17.7 Å². The Morgan fingerprint density at radius 1 is 1.30 bits per heavy atom. The van der Waals surface area contributed by atoms with Crippen molar-refractivity contribution in [2.75, 3.05) is 17.6 Å². The molecule has 1 aromatic carbocycles. The number of hydrogen-bond acceptors (Lipinski definition) is 6. The number of esters is 1. The quantitative estimate of drug-likeness (QED) is 0.693. The highest BCUT2D eigenvalue weighted by atomic mass is 32.2. The van der Waals surface area contributed by atoms with Crippen LogP contribution in [0.5, 0.6) is 0 Å². The Bertz CT molecular complexity index is 729. The summed E-state index contributed by atoms with van der Waals surface area (Å²) in [5, 5.41) is 4.81. The van der Waals surface area contributed by atoms with Crippen molar-refractivity contribution in [3.63, 3.8) is 0 Å². The number of halogens is 1. The molecule has 0 bridgehead atoms. The summed E-state index contributed by atoms with van der Waals surface area (Å²) in [7, 11) is -7.35. The SMILES string of the molecule is COC(=O)CS(=O)(=O)Nc1cc(F)cc(S(N)(=O)=O)c1. The fourth-order valence-corrected chi connectivity index (χ4v) is 2.76. The van der Waals surface area contributed by atoms with Crippen molar-refractivity contribution in [1.82, 2.24) is 0 Å². The van der Waals surface area contributed by atoms with Gasteiger partial charge in [-0.2, -0.15) is 0 Å². The first-order valence-electron chi connectivity index (χ1n) is 4.94. The van der Waals surface area contributed by atoms with Gasteiger partial charge in [0, 0.05) is 0 Å². The second-order valence-electron chi connectivity index (χ2n) is 3.66. The summed E-state index contributed by atoms with van der Waals surface area (Å²) in [6.45, 7) is 0. The number of nitrogens with two attached hydrogens (primary N) is 1. The maximum atomic E-state index is 13.2. The van der Waals surface area contributed by atoms with Gasteiger partial charge in [-0.05, 0) is 18.2 Å². The molecule has 0 aliphatic heterocycles. The lowest BCUT2D eigenvalue weighted by Gasteiger charge is -2.08. The monoisotopic (exact) mass is 326 g/mol. The number of nitrogens with one attached hydrogen (secondary N) is 1. The highest BCUT2D eigenvalue weighted by molar-refractivity contribution is 7.93. The van der Waals surface area contributed by atoms with Gasteiger partial charge in [0.25, 0.3) is 0 Å². The topological polar surface area (TPSA) is 133 Å². The predicted molar refractivity (Wildman–Crippen MR) is 67.2 cm³/mol. The number of methoxy groups -OCH3 is 1. The number of hydrogen-bond donors (Lipinski definition) is 2. The summed E-state index contributed by atoms with van der Waals surface area (Å²) in [6, 6.07) is 2.20. The molecule has 1 aromatic rings. The average Bonchev–Trinajstić information content (AvgIpc) is 2.25. The molecule has 0 radical (unpaired) electrons. The van der Waals surface area contributed by atoms with Crippen molar-refractivity contribution < 1.29 is 30.8 Å². The number of carbonyl (C=O) groups excluding carboxylic acids is 1. The first-order chi connectivity index (χ1) is 9.03. The third-order valence-electron chi connectivity index (χ3n) is 2.01. The van der Waals surface area contributed by atoms with Crippen molar-refractivity contribution in [1.29, 1.82) is 0 Å². The van der Waals surface area contributed by atoms with Gasteiger partial charge in [-0.3, -0.25) is 9.52 Å². The van der Waals surface area contributed by atoms with Gasteiger partial charge in [-0.15, -0.1) is 0 Å². The predicted octanol–water partition coefficient (Wildman–Crippen LogP) is -0.612. The van der Waals surface area contributed by atoms with E-state index in [-0.39, 0.29) is 5.69 Å². The van der Waals surface area contributed by atoms with Crippen molar-refractivity contribution in [3.05, 3.63) is 24.0 Å². The minimum absolute atomic E-state index is 0.377. The highest BCUT2D eigenvalue weighted by Crippen LogP contribution is 2.18. The summed E-state index contributed by atoms with van der Waals surface area (Å²) in [5.74, 6) is -3.03. The summed E-state index contributed by atoms with van der Waals surface area (Å²) >= 11 is 0. The molecular weight excluding hydrogens is 315 g/mol. The molecule has 8 nitrogen and oxygen atoms in total. The fraction of sp³-hybridized carbons (Fsp3) is 0.222. The Morgan fingerprint density at radius 3 is 2.40 bits per heavy atom. The van der Waals surface area contributed by atoms with Crippen LogP contribution in [-0.2, 0) is 29.6 Å². The molecule has 20 heavy (non-hydrogen) atoms. The number of sulfonamides is 2. The van der Waals surface area contributed by atoms with Crippen LogP contribution in [0, 0.1) is 5.82 Å². The molecule has 0 unspecified atom stereocenters. The van der Waals surface area contributed by atoms with Gasteiger partial charge < -0.3 is 4.74 Å². The molecular formula is C9H11FN2O6S2. The van der Waals surface area contributed by atoms with E-state index >= 15 is 0 Å². The average molecular weight is 326 g/mol. The molecule has 0 aliphatic rings. The van der Waals surface area contributed by atoms with Gasteiger partial charge in [-0.1, -0.05) is 0 Å². The zero-order chi connectivity index (χ0) is 15.6. The van der Waals surface area contributed by atoms with Crippen LogP contribution in [0.4, 0.5) is 10.1 Å². The van der Waals surface area contributed by atoms with Gasteiger partial charge in [0.1, 0.15) is 5.82 Å². The Hall–Kier alpha value is -1.72. The largest absolute Gasteiger partial charge is 0.468 e. The molecule has 11 heteroatoms. The molecule has 0 saturated heterocycles. The third kappa shape index (κ3) is 4.75. The number of rotatable bonds is 5. The zero-order valence-electron chi connectivity index (χ0n) is 10.2. The van der Waals surface area contributed by atoms with Crippen LogP contribution >= 0.6 is 0 Å². The van der Waals surface area contributed by atoms with Crippen LogP contribution in [0.3, 0.4) is 0 Å². The minimum atomic E-state index is -4.20. The Labute approximate surface area is 114 Å². The number of carbonyl (C=O) groups is 1. The molecule has 0 fully saturated rings. The number of primary sulfonamides is 1. The fourth-order valence-electron chi connectivity index (χ4n) is 1.22. The van der Waals surface area contributed by atoms with Gasteiger partial charge >= 0.3 is 5.97 Å². The van der Waals surface area contributed by atoms with E-state index in [1.165, 1.54) is 0 Å². The standard InChI is InChI=1S/C9H11FN2O6S2/c1-18-9(13)5-19(14,15)12-7-2-6(10)3-8(4-7)20(11,16)17/h2-4,12H,5H2,1H3,(H2,11,16,17). The summed E-state index contributed by atoms with van der Waals surface area (Å²) in [4.78, 5) is 10.3. The number of benzene rings is 1. The molecule has 1 rings (SSSR count). The van der Waals surface area contributed by atoms with E-state index < -0.39 is 42.5 Å². The number of anilines is 1. The van der Waals surface area contributed by atoms with Crippen LogP contribution in [0.2, 0.25) is 0 Å². The molecule has 3 N–H and O–H groups in total. The Morgan fingerprint density at radius 2 is 1.90 bits per heavy atom. The van der Waals surface area contributed by atoms with E-state index in [1.54, 1.807) is 0 Å². The summed E-state index contributed by atoms with van der Waals surface area (Å²) in [6.07, 6.45) is 0. The normalized spacial score (nSPS) is 11.9. The molecule has 0 aliphatic carbocycles. The van der Waals surface area contributed by atoms with E-state index in [2.05, 4.69) is 4.74 Å². The molecule has 112 valence electrons. The molecule has 0 atom stereocenters. The van der Waals surface area contributed by atoms with Crippen molar-refractivity contribution >= 4 is 31.7 Å². The molecule has 0 aromatic heterocycles. The summed E-state index contributed by atoms with van der Waals surface area (Å²) in [5.41, 5.74) is -0.377. The molecule has 0 heterocycles. The van der Waals surface area contributed by atoms with Crippen LogP contribution in [0.25, 0.3) is 0 Å². The van der Waals surface area contributed by atoms with E-state index in [9.17, 15) is 26.0 Å². The molecule has 0 saturated carbocycles. The van der Waals surface area contributed by atoms with Crippen LogP contribution in [0.15, 0.2) is 23.1 Å². The van der Waals surface area contributed by atoms with E-state index in [1.807, 2.05) is 4.72 Å². The highest BCUT2D eigenvalue weighted by Gasteiger charge is 2.19. The molecule has 0 amide bonds. The van der Waals surface area contributed by atoms with Crippen molar-refractivity contribution in [3.8, 4) is 0 Å². The van der Waals surface area contributed by atoms with E-state index in [4.69, 9.17) is 5.14 Å². The minimum Gasteiger partial charge on any atom is -0.468 e. The van der Waals surface area contributed by atoms with Crippen LogP contribution < -0.4 is 9.86 Å². The lowest BCUT2D eigenvalue weighted by atomic mass is 10.3. The smallest absolute Gasteiger partial charge is 0.322 e. The van der Waals surface area contributed by atoms with Gasteiger partial charge in [-0.25, -0.2) is 26.4 Å². The first kappa shape index (κ1) is 16.3. The van der Waals surface area contributed by atoms with Crippen molar-refractivity contribution in [2.24, 2.45) is 5.14 Å². The number of ether oxygens (including phenoxy) is 1. The maximum Gasteiger partial charge on any atom is 0.322 e. The summed E-state index contributed by atoms with van der Waals surface area (Å²) < 4.78 is 64.5. The maximum absolute atomic E-state index is 13.2. The second-order valence-corrected chi connectivity index (χ2v) is 6.94. The van der Waals surface area contributed by atoms with E-state index in [0.29, 0.717) is 6.07 Å². The van der Waals surface area contributed by atoms with Gasteiger partial charge in [0.15, 0.2) is 5.75 Å². The Kier molecular flexibility index (Phi) is 4.68.